The van der Waals surface area contributed by atoms with E-state index in [-0.39, 0.29) is 12.4 Å². The quantitative estimate of drug-likeness (QED) is 0.556. The molecule has 0 radical (unpaired) electrons. The highest BCUT2D eigenvalue weighted by atomic mass is 19.1. The molecule has 0 unspecified atom stereocenters. The third kappa shape index (κ3) is 5.63. The molecule has 1 aromatic rings. The molecule has 0 heterocycles. The lowest BCUT2D eigenvalue weighted by molar-refractivity contribution is 0.0194. The number of benzene rings is 1. The molecule has 96 valence electrons. The monoisotopic (exact) mass is 243 g/mol. The normalized spacial score (nSPS) is 10.7. The number of rotatable bonds is 8. The predicted octanol–water partition coefficient (Wildman–Crippen LogP) is 1.59. The Labute approximate surface area is 100 Å². The zero-order valence-corrected chi connectivity index (χ0v) is 9.95. The van der Waals surface area contributed by atoms with Gasteiger partial charge in [-0.05, 0) is 12.1 Å². The first-order valence-electron chi connectivity index (χ1n) is 5.42. The van der Waals surface area contributed by atoms with Gasteiger partial charge in [-0.3, -0.25) is 0 Å². The first kappa shape index (κ1) is 13.9. The number of anilines is 1. The molecule has 4 nitrogen and oxygen atoms in total. The van der Waals surface area contributed by atoms with E-state index < -0.39 is 0 Å². The summed E-state index contributed by atoms with van der Waals surface area (Å²) in [6.07, 6.45) is 0. The van der Waals surface area contributed by atoms with Crippen LogP contribution in [0.5, 0.6) is 0 Å². The van der Waals surface area contributed by atoms with Crippen LogP contribution in [0, 0.1) is 5.82 Å². The summed E-state index contributed by atoms with van der Waals surface area (Å²) in [4.78, 5) is 0. The van der Waals surface area contributed by atoms with Gasteiger partial charge in [0.1, 0.15) is 5.82 Å². The molecule has 1 rings (SSSR count). The fourth-order valence-corrected chi connectivity index (χ4v) is 1.22. The SMILES string of the molecule is COCCOCCOCc1ccc(N)cc1F. The Kier molecular flexibility index (Phi) is 6.54. The van der Waals surface area contributed by atoms with Crippen LogP contribution < -0.4 is 5.73 Å². The van der Waals surface area contributed by atoms with E-state index >= 15 is 0 Å². The summed E-state index contributed by atoms with van der Waals surface area (Å²) in [5.74, 6) is -0.342. The van der Waals surface area contributed by atoms with Gasteiger partial charge in [-0.2, -0.15) is 0 Å². The van der Waals surface area contributed by atoms with Crippen LogP contribution in [0.15, 0.2) is 18.2 Å². The molecule has 0 bridgehead atoms. The second-order valence-electron chi connectivity index (χ2n) is 3.51. The molecule has 0 saturated carbocycles. The Morgan fingerprint density at radius 1 is 1.12 bits per heavy atom. The van der Waals surface area contributed by atoms with E-state index in [4.69, 9.17) is 19.9 Å². The molecule has 2 N–H and O–H groups in total. The lowest BCUT2D eigenvalue weighted by Crippen LogP contribution is -2.08. The Balaban J connectivity index is 2.14. The van der Waals surface area contributed by atoms with E-state index in [1.807, 2.05) is 0 Å². The topological polar surface area (TPSA) is 53.7 Å². The molecular formula is C12H18FNO3. The summed E-state index contributed by atoms with van der Waals surface area (Å²) < 4.78 is 28.6. The highest BCUT2D eigenvalue weighted by Crippen LogP contribution is 2.12. The maximum atomic E-state index is 13.3. The molecule has 0 fully saturated rings. The highest BCUT2D eigenvalue weighted by Gasteiger charge is 2.02. The average molecular weight is 243 g/mol. The number of methoxy groups -OCH3 is 1. The summed E-state index contributed by atoms with van der Waals surface area (Å²) in [7, 11) is 1.61. The van der Waals surface area contributed by atoms with Gasteiger partial charge in [0.15, 0.2) is 0 Å². The smallest absolute Gasteiger partial charge is 0.130 e. The van der Waals surface area contributed by atoms with Gasteiger partial charge >= 0.3 is 0 Å². The third-order valence-corrected chi connectivity index (χ3v) is 2.14. The molecule has 0 aliphatic carbocycles. The van der Waals surface area contributed by atoms with E-state index in [0.29, 0.717) is 37.7 Å². The van der Waals surface area contributed by atoms with Gasteiger partial charge in [0.25, 0.3) is 0 Å². The molecule has 0 atom stereocenters. The van der Waals surface area contributed by atoms with E-state index in [2.05, 4.69) is 0 Å². The van der Waals surface area contributed by atoms with E-state index in [9.17, 15) is 4.39 Å². The maximum absolute atomic E-state index is 13.3. The fraction of sp³-hybridized carbons (Fsp3) is 0.500. The van der Waals surface area contributed by atoms with Crippen LogP contribution in [0.4, 0.5) is 10.1 Å². The van der Waals surface area contributed by atoms with Crippen LogP contribution in [0.2, 0.25) is 0 Å². The Morgan fingerprint density at radius 3 is 2.53 bits per heavy atom. The van der Waals surface area contributed by atoms with Crippen molar-refractivity contribution in [2.75, 3.05) is 39.3 Å². The molecule has 0 aromatic heterocycles. The molecule has 0 aliphatic heterocycles. The van der Waals surface area contributed by atoms with Gasteiger partial charge in [-0.1, -0.05) is 6.07 Å². The zero-order chi connectivity index (χ0) is 12.5. The van der Waals surface area contributed by atoms with Crippen molar-refractivity contribution in [1.29, 1.82) is 0 Å². The van der Waals surface area contributed by atoms with Crippen molar-refractivity contribution in [2.24, 2.45) is 0 Å². The molecular weight excluding hydrogens is 225 g/mol. The van der Waals surface area contributed by atoms with Crippen molar-refractivity contribution in [3.05, 3.63) is 29.6 Å². The molecule has 0 aliphatic rings. The minimum Gasteiger partial charge on any atom is -0.399 e. The maximum Gasteiger partial charge on any atom is 0.130 e. The number of ether oxygens (including phenoxy) is 3. The molecule has 17 heavy (non-hydrogen) atoms. The van der Waals surface area contributed by atoms with Gasteiger partial charge < -0.3 is 19.9 Å². The molecule has 5 heteroatoms. The van der Waals surface area contributed by atoms with Crippen LogP contribution in [0.1, 0.15) is 5.56 Å². The largest absolute Gasteiger partial charge is 0.399 e. The zero-order valence-electron chi connectivity index (χ0n) is 9.95. The van der Waals surface area contributed by atoms with Gasteiger partial charge in [-0.15, -0.1) is 0 Å². The lowest BCUT2D eigenvalue weighted by Gasteiger charge is -2.06. The summed E-state index contributed by atoms with van der Waals surface area (Å²) in [5, 5.41) is 0. The second kappa shape index (κ2) is 8.00. The summed E-state index contributed by atoms with van der Waals surface area (Å²) in [5.41, 5.74) is 6.35. The molecule has 1 aromatic carbocycles. The van der Waals surface area contributed by atoms with Crippen LogP contribution in [-0.2, 0) is 20.8 Å². The van der Waals surface area contributed by atoms with E-state index in [1.165, 1.54) is 6.07 Å². The van der Waals surface area contributed by atoms with Crippen LogP contribution in [0.25, 0.3) is 0 Å². The molecule has 0 saturated heterocycles. The number of nitrogen functional groups attached to an aromatic ring is 1. The van der Waals surface area contributed by atoms with Crippen LogP contribution in [-0.4, -0.2) is 33.5 Å². The van der Waals surface area contributed by atoms with E-state index in [0.717, 1.165) is 0 Å². The Hall–Kier alpha value is -1.17. The minimum absolute atomic E-state index is 0.222. The minimum atomic E-state index is -0.342. The van der Waals surface area contributed by atoms with Gasteiger partial charge in [0.05, 0.1) is 33.0 Å². The van der Waals surface area contributed by atoms with Gasteiger partial charge in [0, 0.05) is 18.4 Å². The third-order valence-electron chi connectivity index (χ3n) is 2.14. The van der Waals surface area contributed by atoms with Crippen LogP contribution >= 0.6 is 0 Å². The lowest BCUT2D eigenvalue weighted by atomic mass is 10.2. The van der Waals surface area contributed by atoms with Crippen molar-refractivity contribution in [1.82, 2.24) is 0 Å². The predicted molar refractivity (Wildman–Crippen MR) is 63.2 cm³/mol. The van der Waals surface area contributed by atoms with Gasteiger partial charge in [-0.25, -0.2) is 4.39 Å². The van der Waals surface area contributed by atoms with Gasteiger partial charge in [0.2, 0.25) is 0 Å². The Morgan fingerprint density at radius 2 is 1.82 bits per heavy atom. The second-order valence-corrected chi connectivity index (χ2v) is 3.51. The first-order valence-corrected chi connectivity index (χ1v) is 5.42. The molecule has 0 amide bonds. The van der Waals surface area contributed by atoms with Crippen molar-refractivity contribution in [3.63, 3.8) is 0 Å². The highest BCUT2D eigenvalue weighted by molar-refractivity contribution is 5.40. The van der Waals surface area contributed by atoms with Crippen LogP contribution in [0.3, 0.4) is 0 Å². The fourth-order valence-electron chi connectivity index (χ4n) is 1.22. The van der Waals surface area contributed by atoms with Crippen molar-refractivity contribution < 1.29 is 18.6 Å². The van der Waals surface area contributed by atoms with Crippen molar-refractivity contribution >= 4 is 5.69 Å². The number of nitrogens with two attached hydrogens (primary N) is 1. The Bertz CT molecular complexity index is 334. The summed E-state index contributed by atoms with van der Waals surface area (Å²) in [6.45, 7) is 2.22. The summed E-state index contributed by atoms with van der Waals surface area (Å²) >= 11 is 0. The van der Waals surface area contributed by atoms with Crippen molar-refractivity contribution in [3.8, 4) is 0 Å². The number of halogens is 1. The van der Waals surface area contributed by atoms with E-state index in [1.54, 1.807) is 19.2 Å². The first-order chi connectivity index (χ1) is 8.24. The summed E-state index contributed by atoms with van der Waals surface area (Å²) in [6, 6.07) is 4.56. The standard InChI is InChI=1S/C12H18FNO3/c1-15-4-5-16-6-7-17-9-10-2-3-11(14)8-12(10)13/h2-3,8H,4-7,9,14H2,1H3. The number of hydrogen-bond acceptors (Lipinski definition) is 4. The number of hydrogen-bond donors (Lipinski definition) is 1. The van der Waals surface area contributed by atoms with Crippen molar-refractivity contribution in [2.45, 2.75) is 6.61 Å². The average Bonchev–Trinajstić information content (AvgIpc) is 2.30. The molecule has 0 spiro atoms.